The predicted molar refractivity (Wildman–Crippen MR) is 136 cm³/mol. The lowest BCUT2D eigenvalue weighted by Crippen LogP contribution is -2.64. The Labute approximate surface area is 193 Å². The van der Waals surface area contributed by atoms with Crippen molar-refractivity contribution in [3.05, 3.63) is 25.3 Å². The van der Waals surface area contributed by atoms with E-state index in [1.54, 1.807) is 0 Å². The maximum atomic E-state index is 11.4. The first-order valence-electron chi connectivity index (χ1n) is 12.2. The normalized spacial score (nSPS) is 11.7. The van der Waals surface area contributed by atoms with Crippen molar-refractivity contribution in [2.45, 2.75) is 102 Å². The van der Waals surface area contributed by atoms with Crippen LogP contribution in [0, 0.1) is 0 Å². The molecule has 0 saturated carbocycles. The van der Waals surface area contributed by atoms with E-state index in [2.05, 4.69) is 45.5 Å². The van der Waals surface area contributed by atoms with Gasteiger partial charge in [-0.25, -0.2) is 9.59 Å². The minimum absolute atomic E-state index is 0.332. The Bertz CT molecular complexity index is 482. The van der Waals surface area contributed by atoms with Gasteiger partial charge in [0.05, 0.1) is 13.2 Å². The first-order chi connectivity index (χ1) is 14.9. The van der Waals surface area contributed by atoms with Crippen LogP contribution in [0.2, 0.25) is 36.3 Å². The van der Waals surface area contributed by atoms with Crippen molar-refractivity contribution < 1.29 is 19.1 Å². The number of hydrogen-bond acceptors (Lipinski definition) is 5. The number of carbonyl (C=O) groups is 2. The summed E-state index contributed by atoms with van der Waals surface area (Å²) < 4.78 is 15.0. The third kappa shape index (κ3) is 12.4. The highest BCUT2D eigenvalue weighted by Gasteiger charge is 2.41. The van der Waals surface area contributed by atoms with Gasteiger partial charge in [-0.15, -0.1) is 0 Å². The summed E-state index contributed by atoms with van der Waals surface area (Å²) in [6, 6.07) is 7.36. The molecule has 0 aromatic carbocycles. The molecule has 180 valence electrons. The predicted octanol–water partition coefficient (Wildman–Crippen LogP) is 6.35. The van der Waals surface area contributed by atoms with Crippen LogP contribution >= 0.6 is 0 Å². The van der Waals surface area contributed by atoms with E-state index >= 15 is 0 Å². The topological polar surface area (TPSA) is 64.6 Å². The number of rotatable bonds is 20. The molecule has 1 N–H and O–H groups in total. The third-order valence-electron chi connectivity index (χ3n) is 5.87. The Morgan fingerprint density at radius 2 is 1.00 bits per heavy atom. The van der Waals surface area contributed by atoms with Crippen molar-refractivity contribution >= 4 is 28.4 Å². The first-order valence-corrected chi connectivity index (χ1v) is 17.5. The Morgan fingerprint density at radius 1 is 0.677 bits per heavy atom. The van der Waals surface area contributed by atoms with E-state index in [1.807, 2.05) is 0 Å². The van der Waals surface area contributed by atoms with Gasteiger partial charge in [0.1, 0.15) is 16.5 Å². The average molecular weight is 470 g/mol. The molecule has 0 aliphatic carbocycles. The second kappa shape index (κ2) is 17.4. The highest BCUT2D eigenvalue weighted by molar-refractivity contribution is 6.93. The lowest BCUT2D eigenvalue weighted by molar-refractivity contribution is -0.138. The minimum Gasteiger partial charge on any atom is -0.463 e. The lowest BCUT2D eigenvalue weighted by Gasteiger charge is -2.44. The average Bonchev–Trinajstić information content (AvgIpc) is 2.74. The molecular formula is C24H47NO4Si2. The summed E-state index contributed by atoms with van der Waals surface area (Å²) >= 11 is 0. The van der Waals surface area contributed by atoms with E-state index in [0.717, 1.165) is 24.9 Å². The second-order valence-electron chi connectivity index (χ2n) is 8.64. The van der Waals surface area contributed by atoms with Crippen molar-refractivity contribution in [2.75, 3.05) is 13.2 Å². The van der Waals surface area contributed by atoms with Gasteiger partial charge in [-0.05, 0) is 49.1 Å². The van der Waals surface area contributed by atoms with E-state index in [4.69, 9.17) is 9.47 Å². The van der Waals surface area contributed by atoms with Gasteiger partial charge in [-0.2, -0.15) is 0 Å². The SMILES string of the molecule is C=CC(=O)OCCC[Si](CCC)(CCC)N[Si](CCC)(CCC)CCCOC(=O)C=C. The van der Waals surface area contributed by atoms with Crippen LogP contribution in [0.1, 0.15) is 66.2 Å². The number of carbonyl (C=O) groups excluding carboxylic acids is 2. The molecule has 0 amide bonds. The molecule has 31 heavy (non-hydrogen) atoms. The van der Waals surface area contributed by atoms with Gasteiger partial charge in [-0.1, -0.05) is 66.5 Å². The van der Waals surface area contributed by atoms with Crippen LogP contribution in [0.4, 0.5) is 0 Å². The fourth-order valence-electron chi connectivity index (χ4n) is 4.89. The van der Waals surface area contributed by atoms with Gasteiger partial charge in [0, 0.05) is 12.2 Å². The summed E-state index contributed by atoms with van der Waals surface area (Å²) in [5.41, 5.74) is 0. The van der Waals surface area contributed by atoms with Crippen molar-refractivity contribution in [3.63, 3.8) is 0 Å². The zero-order valence-electron chi connectivity index (χ0n) is 20.6. The van der Waals surface area contributed by atoms with Crippen LogP contribution in [0.3, 0.4) is 0 Å². The quantitative estimate of drug-likeness (QED) is 0.0974. The molecule has 0 spiro atoms. The van der Waals surface area contributed by atoms with Crippen LogP contribution in [0.15, 0.2) is 25.3 Å². The van der Waals surface area contributed by atoms with Crippen LogP contribution in [0.5, 0.6) is 0 Å². The van der Waals surface area contributed by atoms with Crippen molar-refractivity contribution in [1.29, 1.82) is 0 Å². The monoisotopic (exact) mass is 469 g/mol. The zero-order valence-corrected chi connectivity index (χ0v) is 22.6. The molecule has 0 aromatic rings. The smallest absolute Gasteiger partial charge is 0.330 e. The largest absolute Gasteiger partial charge is 0.463 e. The second-order valence-corrected chi connectivity index (χ2v) is 17.8. The van der Waals surface area contributed by atoms with Crippen molar-refractivity contribution in [3.8, 4) is 0 Å². The van der Waals surface area contributed by atoms with Gasteiger partial charge in [0.15, 0.2) is 0 Å². The molecule has 0 aliphatic rings. The lowest BCUT2D eigenvalue weighted by atomic mass is 10.5. The van der Waals surface area contributed by atoms with Gasteiger partial charge in [0.25, 0.3) is 0 Å². The molecule has 0 rings (SSSR count). The Morgan fingerprint density at radius 3 is 1.26 bits per heavy atom. The molecule has 0 unspecified atom stereocenters. The highest BCUT2D eigenvalue weighted by atomic mass is 28.4. The summed E-state index contributed by atoms with van der Waals surface area (Å²) in [7, 11) is -3.41. The molecule has 5 nitrogen and oxygen atoms in total. The molecular weight excluding hydrogens is 422 g/mol. The number of esters is 2. The Kier molecular flexibility index (Phi) is 16.7. The number of ether oxygens (including phenoxy) is 2. The minimum atomic E-state index is -1.71. The Balaban J connectivity index is 5.45. The standard InChI is InChI=1S/C24H47NO4Si2/c1-7-17-30(18-8-2,21-13-15-28-23(26)11-5)25-31(19-9-3,20-10-4)22-14-16-29-24(27)12-6/h11-12,25H,5-10,13-22H2,1-4H3. The number of nitrogens with one attached hydrogen (secondary N) is 1. The Hall–Kier alpha value is -1.19. The summed E-state index contributed by atoms with van der Waals surface area (Å²) in [5.74, 6) is -0.665. The molecule has 0 aliphatic heterocycles. The third-order valence-corrected chi connectivity index (χ3v) is 18.6. The van der Waals surface area contributed by atoms with Crippen LogP contribution in [0.25, 0.3) is 0 Å². The molecule has 0 radical (unpaired) electrons. The molecule has 0 saturated heterocycles. The van der Waals surface area contributed by atoms with Crippen molar-refractivity contribution in [1.82, 2.24) is 4.65 Å². The maximum absolute atomic E-state index is 11.4. The van der Waals surface area contributed by atoms with E-state index < -0.39 is 16.5 Å². The van der Waals surface area contributed by atoms with Gasteiger partial charge in [0.2, 0.25) is 0 Å². The highest BCUT2D eigenvalue weighted by Crippen LogP contribution is 2.31. The van der Waals surface area contributed by atoms with E-state index in [9.17, 15) is 9.59 Å². The van der Waals surface area contributed by atoms with Crippen LogP contribution < -0.4 is 4.65 Å². The van der Waals surface area contributed by atoms with Gasteiger partial charge < -0.3 is 14.1 Å². The zero-order chi connectivity index (χ0) is 23.6. The van der Waals surface area contributed by atoms with E-state index in [-0.39, 0.29) is 11.9 Å². The molecule has 0 atom stereocenters. The first kappa shape index (κ1) is 29.8. The van der Waals surface area contributed by atoms with E-state index in [1.165, 1.54) is 62.0 Å². The molecule has 0 aromatic heterocycles. The van der Waals surface area contributed by atoms with Crippen molar-refractivity contribution in [2.24, 2.45) is 0 Å². The van der Waals surface area contributed by atoms with Gasteiger partial charge in [-0.3, -0.25) is 0 Å². The molecule has 0 bridgehead atoms. The summed E-state index contributed by atoms with van der Waals surface area (Å²) in [6.45, 7) is 17.1. The summed E-state index contributed by atoms with van der Waals surface area (Å²) in [5, 5.41) is 0. The molecule has 0 heterocycles. The number of hydrogen-bond donors (Lipinski definition) is 1. The summed E-state index contributed by atoms with van der Waals surface area (Å²) in [6.07, 6.45) is 9.05. The molecule has 7 heteroatoms. The summed E-state index contributed by atoms with van der Waals surface area (Å²) in [4.78, 5) is 22.8. The van der Waals surface area contributed by atoms with E-state index in [0.29, 0.717) is 13.2 Å². The van der Waals surface area contributed by atoms with Crippen LogP contribution in [-0.2, 0) is 19.1 Å². The molecule has 0 fully saturated rings. The fourth-order valence-corrected chi connectivity index (χ4v) is 19.4. The van der Waals surface area contributed by atoms with Gasteiger partial charge >= 0.3 is 11.9 Å². The van der Waals surface area contributed by atoms with Crippen LogP contribution in [-0.4, -0.2) is 41.6 Å². The fraction of sp³-hybridized carbons (Fsp3) is 0.750. The maximum Gasteiger partial charge on any atom is 0.330 e.